The summed E-state index contributed by atoms with van der Waals surface area (Å²) in [6, 6.07) is 1.67. The third kappa shape index (κ3) is 1.84. The largest absolute Gasteiger partial charge is 0.504 e. The minimum Gasteiger partial charge on any atom is -0.504 e. The molecular weight excluding hydrogens is 176 g/mol. The fourth-order valence-electron chi connectivity index (χ4n) is 1.83. The molecule has 0 spiro atoms. The molecule has 0 bridgehead atoms. The number of aromatic hydroxyl groups is 2. The normalized spacial score (nSPS) is 10.5. The second-order valence-corrected chi connectivity index (χ2v) is 3.61. The molecule has 2 nitrogen and oxygen atoms in total. The third-order valence-electron chi connectivity index (χ3n) is 2.65. The predicted octanol–water partition coefficient (Wildman–Crippen LogP) is 2.92. The first-order valence-corrected chi connectivity index (χ1v) is 5.15. The van der Waals surface area contributed by atoms with E-state index in [1.807, 2.05) is 13.8 Å². The van der Waals surface area contributed by atoms with Crippen molar-refractivity contribution in [3.05, 3.63) is 22.8 Å². The zero-order chi connectivity index (χ0) is 10.7. The highest BCUT2D eigenvalue weighted by atomic mass is 16.3. The van der Waals surface area contributed by atoms with Crippen molar-refractivity contribution in [3.8, 4) is 11.5 Å². The van der Waals surface area contributed by atoms with Crippen LogP contribution in [-0.2, 0) is 12.8 Å². The number of phenolic OH excluding ortho intramolecular Hbond substituents is 2. The summed E-state index contributed by atoms with van der Waals surface area (Å²) < 4.78 is 0. The van der Waals surface area contributed by atoms with Crippen LogP contribution < -0.4 is 0 Å². The lowest BCUT2D eigenvalue weighted by molar-refractivity contribution is 0.398. The average Bonchev–Trinajstić information content (AvgIpc) is 2.16. The van der Waals surface area contributed by atoms with E-state index in [2.05, 4.69) is 6.92 Å². The van der Waals surface area contributed by atoms with Crippen LogP contribution in [0.5, 0.6) is 11.5 Å². The number of rotatable bonds is 3. The summed E-state index contributed by atoms with van der Waals surface area (Å²) in [7, 11) is 0. The number of aryl methyl sites for hydroxylation is 1. The van der Waals surface area contributed by atoms with Gasteiger partial charge in [-0.25, -0.2) is 0 Å². The molecule has 0 aliphatic carbocycles. The minimum absolute atomic E-state index is 0.0101. The Hall–Kier alpha value is -1.18. The molecule has 0 saturated heterocycles. The Bertz CT molecular complexity index is 330. The van der Waals surface area contributed by atoms with Gasteiger partial charge in [-0.05, 0) is 37.0 Å². The van der Waals surface area contributed by atoms with Crippen LogP contribution in [0, 0.1) is 6.92 Å². The molecule has 1 aromatic carbocycles. The maximum atomic E-state index is 9.62. The van der Waals surface area contributed by atoms with Crippen molar-refractivity contribution < 1.29 is 10.2 Å². The van der Waals surface area contributed by atoms with Crippen molar-refractivity contribution in [2.24, 2.45) is 0 Å². The van der Waals surface area contributed by atoms with Crippen LogP contribution in [0.25, 0.3) is 0 Å². The zero-order valence-corrected chi connectivity index (χ0v) is 9.09. The molecule has 1 rings (SSSR count). The van der Waals surface area contributed by atoms with Gasteiger partial charge in [-0.2, -0.15) is 0 Å². The van der Waals surface area contributed by atoms with Crippen LogP contribution in [-0.4, -0.2) is 10.2 Å². The van der Waals surface area contributed by atoms with Crippen LogP contribution in [0.1, 0.15) is 37.0 Å². The van der Waals surface area contributed by atoms with Crippen molar-refractivity contribution in [2.75, 3.05) is 0 Å². The molecule has 0 fully saturated rings. The molecule has 2 N–H and O–H groups in total. The number of phenols is 2. The number of benzene rings is 1. The number of hydrogen-bond donors (Lipinski definition) is 2. The first-order chi connectivity index (χ1) is 6.61. The van der Waals surface area contributed by atoms with Gasteiger partial charge in [-0.3, -0.25) is 0 Å². The maximum absolute atomic E-state index is 9.62. The molecule has 0 aliphatic rings. The Morgan fingerprint density at radius 2 is 1.86 bits per heavy atom. The zero-order valence-electron chi connectivity index (χ0n) is 9.09. The van der Waals surface area contributed by atoms with E-state index < -0.39 is 0 Å². The van der Waals surface area contributed by atoms with Crippen molar-refractivity contribution >= 4 is 0 Å². The molecule has 2 heteroatoms. The lowest BCUT2D eigenvalue weighted by Gasteiger charge is -2.12. The fraction of sp³-hybridized carbons (Fsp3) is 0.500. The average molecular weight is 194 g/mol. The summed E-state index contributed by atoms with van der Waals surface area (Å²) in [6.45, 7) is 6.09. The molecule has 0 aliphatic heterocycles. The Morgan fingerprint density at radius 3 is 2.36 bits per heavy atom. The summed E-state index contributed by atoms with van der Waals surface area (Å²) in [5.41, 5.74) is 3.12. The lowest BCUT2D eigenvalue weighted by Crippen LogP contribution is -1.95. The highest BCUT2D eigenvalue weighted by Gasteiger charge is 2.12. The van der Waals surface area contributed by atoms with E-state index >= 15 is 0 Å². The molecule has 0 saturated carbocycles. The SMILES string of the molecule is CCCc1cc(O)c(O)c(CC)c1C. The highest BCUT2D eigenvalue weighted by Crippen LogP contribution is 2.34. The van der Waals surface area contributed by atoms with Gasteiger partial charge in [-0.1, -0.05) is 20.3 Å². The van der Waals surface area contributed by atoms with E-state index in [9.17, 15) is 10.2 Å². The van der Waals surface area contributed by atoms with E-state index in [1.165, 1.54) is 0 Å². The molecule has 0 amide bonds. The van der Waals surface area contributed by atoms with Crippen LogP contribution in [0.3, 0.4) is 0 Å². The minimum atomic E-state index is 0.0101. The smallest absolute Gasteiger partial charge is 0.160 e. The molecule has 0 aromatic heterocycles. The van der Waals surface area contributed by atoms with Gasteiger partial charge >= 0.3 is 0 Å². The maximum Gasteiger partial charge on any atom is 0.160 e. The van der Waals surface area contributed by atoms with Crippen LogP contribution in [0.15, 0.2) is 6.07 Å². The summed E-state index contributed by atoms with van der Waals surface area (Å²) in [5.74, 6) is 0.0563. The number of hydrogen-bond acceptors (Lipinski definition) is 2. The quantitative estimate of drug-likeness (QED) is 0.726. The summed E-state index contributed by atoms with van der Waals surface area (Å²) in [4.78, 5) is 0. The van der Waals surface area contributed by atoms with Gasteiger partial charge in [0.25, 0.3) is 0 Å². The lowest BCUT2D eigenvalue weighted by atomic mass is 9.96. The van der Waals surface area contributed by atoms with Crippen molar-refractivity contribution in [3.63, 3.8) is 0 Å². The van der Waals surface area contributed by atoms with Crippen molar-refractivity contribution in [2.45, 2.75) is 40.0 Å². The van der Waals surface area contributed by atoms with Gasteiger partial charge in [0.05, 0.1) is 0 Å². The van der Waals surface area contributed by atoms with Crippen LogP contribution >= 0.6 is 0 Å². The van der Waals surface area contributed by atoms with E-state index in [0.717, 1.165) is 36.0 Å². The molecule has 0 heterocycles. The van der Waals surface area contributed by atoms with Gasteiger partial charge in [0.15, 0.2) is 11.5 Å². The van der Waals surface area contributed by atoms with Crippen molar-refractivity contribution in [1.82, 2.24) is 0 Å². The topological polar surface area (TPSA) is 40.5 Å². The van der Waals surface area contributed by atoms with Gasteiger partial charge < -0.3 is 10.2 Å². The Morgan fingerprint density at radius 1 is 1.21 bits per heavy atom. The summed E-state index contributed by atoms with van der Waals surface area (Å²) in [5, 5.41) is 19.1. The predicted molar refractivity (Wildman–Crippen MR) is 57.9 cm³/mol. The van der Waals surface area contributed by atoms with Gasteiger partial charge in [0.1, 0.15) is 0 Å². The highest BCUT2D eigenvalue weighted by molar-refractivity contribution is 5.52. The van der Waals surface area contributed by atoms with Gasteiger partial charge in [-0.15, -0.1) is 0 Å². The molecule has 0 unspecified atom stereocenters. The first-order valence-electron chi connectivity index (χ1n) is 5.15. The third-order valence-corrected chi connectivity index (χ3v) is 2.65. The molecule has 1 aromatic rings. The fourth-order valence-corrected chi connectivity index (χ4v) is 1.83. The summed E-state index contributed by atoms with van der Waals surface area (Å²) in [6.07, 6.45) is 2.75. The van der Waals surface area contributed by atoms with Crippen molar-refractivity contribution in [1.29, 1.82) is 0 Å². The van der Waals surface area contributed by atoms with E-state index in [4.69, 9.17) is 0 Å². The molecule has 78 valence electrons. The van der Waals surface area contributed by atoms with E-state index in [0.29, 0.717) is 0 Å². The molecule has 0 atom stereocenters. The van der Waals surface area contributed by atoms with Crippen LogP contribution in [0.4, 0.5) is 0 Å². The standard InChI is InChI=1S/C12H18O2/c1-4-6-9-7-11(13)12(14)10(5-2)8(9)3/h7,13-14H,4-6H2,1-3H3. The van der Waals surface area contributed by atoms with Crippen LogP contribution in [0.2, 0.25) is 0 Å². The summed E-state index contributed by atoms with van der Waals surface area (Å²) >= 11 is 0. The van der Waals surface area contributed by atoms with E-state index in [-0.39, 0.29) is 11.5 Å². The molecular formula is C12H18O2. The second kappa shape index (κ2) is 4.36. The van der Waals surface area contributed by atoms with Gasteiger partial charge in [0.2, 0.25) is 0 Å². The first kappa shape index (κ1) is 10.9. The molecule has 0 radical (unpaired) electrons. The van der Waals surface area contributed by atoms with E-state index in [1.54, 1.807) is 6.07 Å². The Balaban J connectivity index is 3.27. The molecule has 14 heavy (non-hydrogen) atoms. The second-order valence-electron chi connectivity index (χ2n) is 3.61. The monoisotopic (exact) mass is 194 g/mol. The van der Waals surface area contributed by atoms with Gasteiger partial charge in [0, 0.05) is 5.56 Å². The Kier molecular flexibility index (Phi) is 3.39. The Labute approximate surface area is 85.2 Å².